The van der Waals surface area contributed by atoms with E-state index in [-0.39, 0.29) is 5.82 Å². The summed E-state index contributed by atoms with van der Waals surface area (Å²) in [6.45, 7) is 4.64. The van der Waals surface area contributed by atoms with Crippen molar-refractivity contribution in [1.29, 1.82) is 0 Å². The van der Waals surface area contributed by atoms with Gasteiger partial charge >= 0.3 is 0 Å². The molecule has 0 aliphatic carbocycles. The maximum atomic E-state index is 13.0. The highest BCUT2D eigenvalue weighted by Gasteiger charge is 2.15. The molecule has 114 valence electrons. The van der Waals surface area contributed by atoms with Crippen molar-refractivity contribution in [1.82, 2.24) is 25.4 Å². The van der Waals surface area contributed by atoms with Gasteiger partial charge in [0.05, 0.1) is 5.69 Å². The molecule has 0 saturated heterocycles. The molecule has 0 unspecified atom stereocenters. The quantitative estimate of drug-likeness (QED) is 0.673. The second-order valence-electron chi connectivity index (χ2n) is 4.66. The van der Waals surface area contributed by atoms with E-state index in [0.717, 1.165) is 22.0 Å². The minimum Gasteiger partial charge on any atom is -0.356 e. The van der Waals surface area contributed by atoms with Crippen molar-refractivity contribution in [3.8, 4) is 11.3 Å². The molecule has 0 atom stereocenters. The first-order chi connectivity index (χ1) is 10.7. The molecule has 0 aliphatic rings. The molecular formula is C14H14FN5OS. The maximum Gasteiger partial charge on any atom is 0.209 e. The molecule has 3 aromatic rings. The third-order valence-electron chi connectivity index (χ3n) is 3.26. The van der Waals surface area contributed by atoms with Gasteiger partial charge in [0.15, 0.2) is 5.76 Å². The summed E-state index contributed by atoms with van der Waals surface area (Å²) < 4.78 is 20.1. The number of benzene rings is 1. The van der Waals surface area contributed by atoms with E-state index >= 15 is 0 Å². The van der Waals surface area contributed by atoms with Crippen molar-refractivity contribution in [2.45, 2.75) is 31.3 Å². The second-order valence-corrected chi connectivity index (χ2v) is 5.60. The van der Waals surface area contributed by atoms with Crippen molar-refractivity contribution >= 4 is 11.8 Å². The molecule has 2 aromatic heterocycles. The van der Waals surface area contributed by atoms with Gasteiger partial charge in [0.25, 0.3) is 0 Å². The lowest BCUT2D eigenvalue weighted by atomic mass is 10.1. The van der Waals surface area contributed by atoms with Gasteiger partial charge < -0.3 is 4.52 Å². The summed E-state index contributed by atoms with van der Waals surface area (Å²) in [5.41, 5.74) is 2.57. The van der Waals surface area contributed by atoms with Crippen LogP contribution in [-0.2, 0) is 12.3 Å². The summed E-state index contributed by atoms with van der Waals surface area (Å²) in [4.78, 5) is 0. The van der Waals surface area contributed by atoms with E-state index in [0.29, 0.717) is 18.1 Å². The molecule has 2 heterocycles. The van der Waals surface area contributed by atoms with E-state index in [2.05, 4.69) is 20.7 Å². The normalized spacial score (nSPS) is 11.0. The number of aromatic nitrogens is 5. The Bertz CT molecular complexity index is 768. The molecule has 0 N–H and O–H groups in total. The van der Waals surface area contributed by atoms with Crippen molar-refractivity contribution in [2.24, 2.45) is 0 Å². The van der Waals surface area contributed by atoms with Crippen LogP contribution in [0, 0.1) is 12.7 Å². The molecule has 0 spiro atoms. The average Bonchev–Trinajstić information content (AvgIpc) is 3.12. The first-order valence-corrected chi connectivity index (χ1v) is 7.77. The number of rotatable bonds is 5. The standard InChI is InChI=1S/C14H14FN5OS/c1-3-20-14(16-18-19-20)22-8-12-9(2)13(21-17-12)10-4-6-11(15)7-5-10/h4-7H,3,8H2,1-2H3. The zero-order valence-corrected chi connectivity index (χ0v) is 13.0. The number of aryl methyl sites for hydroxylation is 1. The number of tetrazole rings is 1. The van der Waals surface area contributed by atoms with Crippen molar-refractivity contribution in [3.63, 3.8) is 0 Å². The second kappa shape index (κ2) is 6.27. The van der Waals surface area contributed by atoms with Gasteiger partial charge in [-0.25, -0.2) is 9.07 Å². The topological polar surface area (TPSA) is 69.6 Å². The van der Waals surface area contributed by atoms with Gasteiger partial charge in [-0.2, -0.15) is 0 Å². The summed E-state index contributed by atoms with van der Waals surface area (Å²) in [5, 5.41) is 16.4. The molecule has 8 heteroatoms. The Hall–Kier alpha value is -2.22. The highest BCUT2D eigenvalue weighted by atomic mass is 32.2. The van der Waals surface area contributed by atoms with Gasteiger partial charge in [-0.05, 0) is 48.5 Å². The average molecular weight is 319 g/mol. The molecule has 1 aromatic carbocycles. The minimum atomic E-state index is -0.275. The van der Waals surface area contributed by atoms with E-state index in [1.807, 2.05) is 13.8 Å². The van der Waals surface area contributed by atoms with Crippen molar-refractivity contribution in [2.75, 3.05) is 0 Å². The van der Waals surface area contributed by atoms with Crippen LogP contribution < -0.4 is 0 Å². The molecular weight excluding hydrogens is 305 g/mol. The predicted molar refractivity (Wildman–Crippen MR) is 79.7 cm³/mol. The van der Waals surface area contributed by atoms with Crippen LogP contribution in [0.15, 0.2) is 33.9 Å². The van der Waals surface area contributed by atoms with Crippen LogP contribution in [-0.4, -0.2) is 25.4 Å². The van der Waals surface area contributed by atoms with E-state index in [1.54, 1.807) is 16.8 Å². The van der Waals surface area contributed by atoms with Gasteiger partial charge in [0.2, 0.25) is 5.16 Å². The number of hydrogen-bond acceptors (Lipinski definition) is 6. The molecule has 6 nitrogen and oxygen atoms in total. The molecule has 0 radical (unpaired) electrons. The Labute approximate surface area is 130 Å². The van der Waals surface area contributed by atoms with Crippen LogP contribution in [0.25, 0.3) is 11.3 Å². The maximum absolute atomic E-state index is 13.0. The minimum absolute atomic E-state index is 0.275. The van der Waals surface area contributed by atoms with Crippen LogP contribution >= 0.6 is 11.8 Å². The van der Waals surface area contributed by atoms with Crippen molar-refractivity contribution < 1.29 is 8.91 Å². The highest BCUT2D eigenvalue weighted by molar-refractivity contribution is 7.98. The van der Waals surface area contributed by atoms with Gasteiger partial charge in [0.1, 0.15) is 5.82 Å². The van der Waals surface area contributed by atoms with Crippen LogP contribution in [0.5, 0.6) is 0 Å². The molecule has 0 aliphatic heterocycles. The smallest absolute Gasteiger partial charge is 0.209 e. The van der Waals surface area contributed by atoms with E-state index in [1.165, 1.54) is 23.9 Å². The highest BCUT2D eigenvalue weighted by Crippen LogP contribution is 2.29. The largest absolute Gasteiger partial charge is 0.356 e. The molecule has 22 heavy (non-hydrogen) atoms. The predicted octanol–water partition coefficient (Wildman–Crippen LogP) is 3.09. The Kier molecular flexibility index (Phi) is 4.19. The fraction of sp³-hybridized carbons (Fsp3) is 0.286. The number of nitrogens with zero attached hydrogens (tertiary/aromatic N) is 5. The van der Waals surface area contributed by atoms with Gasteiger partial charge in [0, 0.05) is 23.4 Å². The lowest BCUT2D eigenvalue weighted by Crippen LogP contribution is -1.99. The Morgan fingerprint density at radius 2 is 2.05 bits per heavy atom. The Morgan fingerprint density at radius 3 is 2.77 bits per heavy atom. The van der Waals surface area contributed by atoms with Gasteiger partial charge in [-0.3, -0.25) is 0 Å². The SMILES string of the molecule is CCn1nnnc1SCc1noc(-c2ccc(F)cc2)c1C. The third kappa shape index (κ3) is 2.87. The molecule has 0 amide bonds. The lowest BCUT2D eigenvalue weighted by molar-refractivity contribution is 0.426. The zero-order chi connectivity index (χ0) is 15.5. The van der Waals surface area contributed by atoms with Crippen LogP contribution in [0.3, 0.4) is 0 Å². The fourth-order valence-electron chi connectivity index (χ4n) is 2.01. The fourth-order valence-corrected chi connectivity index (χ4v) is 2.95. The molecule has 0 saturated carbocycles. The summed E-state index contributed by atoms with van der Waals surface area (Å²) in [5.74, 6) is 0.991. The monoisotopic (exact) mass is 319 g/mol. The van der Waals surface area contributed by atoms with E-state index < -0.39 is 0 Å². The van der Waals surface area contributed by atoms with Crippen LogP contribution in [0.1, 0.15) is 18.2 Å². The molecule has 0 bridgehead atoms. The Balaban J connectivity index is 1.77. The number of thioether (sulfide) groups is 1. The van der Waals surface area contributed by atoms with Gasteiger partial charge in [-0.1, -0.05) is 16.9 Å². The van der Waals surface area contributed by atoms with E-state index in [4.69, 9.17) is 4.52 Å². The van der Waals surface area contributed by atoms with Crippen LogP contribution in [0.2, 0.25) is 0 Å². The number of halogens is 1. The summed E-state index contributed by atoms with van der Waals surface area (Å²) in [6.07, 6.45) is 0. The lowest BCUT2D eigenvalue weighted by Gasteiger charge is -2.00. The molecule has 0 fully saturated rings. The molecule has 3 rings (SSSR count). The third-order valence-corrected chi connectivity index (χ3v) is 4.23. The van der Waals surface area contributed by atoms with Crippen LogP contribution in [0.4, 0.5) is 4.39 Å². The van der Waals surface area contributed by atoms with Gasteiger partial charge in [-0.15, -0.1) is 5.10 Å². The first kappa shape index (κ1) is 14.7. The summed E-state index contributed by atoms with van der Waals surface area (Å²) in [6, 6.07) is 6.16. The summed E-state index contributed by atoms with van der Waals surface area (Å²) >= 11 is 1.50. The zero-order valence-electron chi connectivity index (χ0n) is 12.2. The van der Waals surface area contributed by atoms with Crippen molar-refractivity contribution in [3.05, 3.63) is 41.3 Å². The number of hydrogen-bond donors (Lipinski definition) is 0. The summed E-state index contributed by atoms with van der Waals surface area (Å²) in [7, 11) is 0. The van der Waals surface area contributed by atoms with E-state index in [9.17, 15) is 4.39 Å². The Morgan fingerprint density at radius 1 is 1.27 bits per heavy atom. The first-order valence-electron chi connectivity index (χ1n) is 6.79.